The highest BCUT2D eigenvalue weighted by Crippen LogP contribution is 2.32. The van der Waals surface area contributed by atoms with Gasteiger partial charge in [-0.05, 0) is 48.9 Å². The fourth-order valence-corrected chi connectivity index (χ4v) is 2.82. The first kappa shape index (κ1) is 21.4. The van der Waals surface area contributed by atoms with Gasteiger partial charge in [-0.15, -0.1) is 11.3 Å². The molecule has 26 heavy (non-hydrogen) atoms. The number of rotatable bonds is 6. The second-order valence-electron chi connectivity index (χ2n) is 5.76. The molecule has 2 rings (SSSR count). The van der Waals surface area contributed by atoms with Crippen LogP contribution in [-0.4, -0.2) is 12.0 Å². The van der Waals surface area contributed by atoms with Gasteiger partial charge in [-0.1, -0.05) is 49.4 Å². The number of allylic oxidation sites excluding steroid dienone is 5. The fourth-order valence-electron chi connectivity index (χ4n) is 2.09. The van der Waals surface area contributed by atoms with Crippen LogP contribution in [0.15, 0.2) is 71.7 Å². The van der Waals surface area contributed by atoms with Crippen molar-refractivity contribution in [3.05, 3.63) is 81.8 Å². The molecule has 0 aliphatic heterocycles. The molecule has 5 heteroatoms. The lowest BCUT2D eigenvalue weighted by Gasteiger charge is -2.03. The predicted molar refractivity (Wildman–Crippen MR) is 114 cm³/mol. The zero-order valence-corrected chi connectivity index (χ0v) is 16.6. The molecule has 4 nitrogen and oxygen atoms in total. The summed E-state index contributed by atoms with van der Waals surface area (Å²) < 4.78 is 0. The molecule has 0 radical (unpaired) electrons. The third kappa shape index (κ3) is 6.69. The van der Waals surface area contributed by atoms with Crippen LogP contribution in [0.3, 0.4) is 0 Å². The zero-order chi connectivity index (χ0) is 19.5. The maximum Gasteiger partial charge on any atom is 0.292 e. The first-order chi connectivity index (χ1) is 12.4. The maximum atomic E-state index is 10.9. The second-order valence-corrected chi connectivity index (χ2v) is 6.71. The van der Waals surface area contributed by atoms with Crippen molar-refractivity contribution < 1.29 is 4.92 Å². The van der Waals surface area contributed by atoms with Crippen molar-refractivity contribution in [3.63, 3.8) is 0 Å². The van der Waals surface area contributed by atoms with E-state index >= 15 is 0 Å². The Kier molecular flexibility index (Phi) is 9.09. The Bertz CT molecular complexity index is 786. The molecule has 0 aliphatic rings. The molecule has 2 aromatic rings. The SMILES string of the molecule is C=C/C(=C\C=C(C)C)CC.CNc1ccc(-c2cccs2)cc1[N+](=O)[O-]. The standard InChI is InChI=1S/C11H10N2O2S.C10H16/c1-12-9-5-4-8(7-10(9)13(14)15)11-3-2-6-16-11;1-5-10(6-2)8-7-9(3)4/h2-7,12H,1H3;5,7-8H,1,6H2,2-4H3/b;10-8+. The molecule has 0 unspecified atom stereocenters. The Morgan fingerprint density at radius 3 is 2.50 bits per heavy atom. The van der Waals surface area contributed by atoms with Crippen LogP contribution in [0, 0.1) is 10.1 Å². The lowest BCUT2D eigenvalue weighted by Crippen LogP contribution is -1.96. The smallest absolute Gasteiger partial charge is 0.292 e. The van der Waals surface area contributed by atoms with E-state index in [0.29, 0.717) is 5.69 Å². The average molecular weight is 371 g/mol. The van der Waals surface area contributed by atoms with Crippen molar-refractivity contribution in [2.75, 3.05) is 12.4 Å². The topological polar surface area (TPSA) is 55.2 Å². The van der Waals surface area contributed by atoms with Crippen LogP contribution in [0.1, 0.15) is 27.2 Å². The molecule has 1 heterocycles. The Morgan fingerprint density at radius 1 is 1.31 bits per heavy atom. The van der Waals surface area contributed by atoms with Crippen LogP contribution in [-0.2, 0) is 0 Å². The number of nitrogens with zero attached hydrogens (tertiary/aromatic N) is 1. The largest absolute Gasteiger partial charge is 0.383 e. The van der Waals surface area contributed by atoms with Crippen LogP contribution in [0.2, 0.25) is 0 Å². The summed E-state index contributed by atoms with van der Waals surface area (Å²) >= 11 is 1.57. The predicted octanol–water partition coefficient (Wildman–Crippen LogP) is 6.84. The van der Waals surface area contributed by atoms with E-state index in [2.05, 4.69) is 44.8 Å². The van der Waals surface area contributed by atoms with Gasteiger partial charge in [0.15, 0.2) is 0 Å². The quantitative estimate of drug-likeness (QED) is 0.344. The number of benzene rings is 1. The van der Waals surface area contributed by atoms with Gasteiger partial charge in [-0.25, -0.2) is 0 Å². The molecule has 0 amide bonds. The summed E-state index contributed by atoms with van der Waals surface area (Å²) in [4.78, 5) is 11.5. The molecule has 0 aliphatic carbocycles. The minimum atomic E-state index is -0.372. The summed E-state index contributed by atoms with van der Waals surface area (Å²) in [5.41, 5.74) is 4.13. The summed E-state index contributed by atoms with van der Waals surface area (Å²) in [7, 11) is 1.67. The highest BCUT2D eigenvalue weighted by atomic mass is 32.1. The minimum absolute atomic E-state index is 0.105. The molecule has 1 aromatic carbocycles. The number of thiophene rings is 1. The molecule has 0 saturated heterocycles. The van der Waals surface area contributed by atoms with Crippen LogP contribution in [0.5, 0.6) is 0 Å². The van der Waals surface area contributed by atoms with Crippen molar-refractivity contribution in [1.29, 1.82) is 0 Å². The monoisotopic (exact) mass is 370 g/mol. The molecule has 0 fully saturated rings. The van der Waals surface area contributed by atoms with Crippen LogP contribution in [0.25, 0.3) is 10.4 Å². The van der Waals surface area contributed by atoms with E-state index in [1.54, 1.807) is 30.5 Å². The van der Waals surface area contributed by atoms with Crippen molar-refractivity contribution >= 4 is 22.7 Å². The molecule has 1 aromatic heterocycles. The summed E-state index contributed by atoms with van der Waals surface area (Å²) in [5.74, 6) is 0. The van der Waals surface area contributed by atoms with Crippen molar-refractivity contribution in [1.82, 2.24) is 0 Å². The highest BCUT2D eigenvalue weighted by molar-refractivity contribution is 7.13. The number of anilines is 1. The van der Waals surface area contributed by atoms with Crippen molar-refractivity contribution in [3.8, 4) is 10.4 Å². The molecule has 0 saturated carbocycles. The normalized spacial score (nSPS) is 10.4. The van der Waals surface area contributed by atoms with Crippen LogP contribution >= 0.6 is 11.3 Å². The average Bonchev–Trinajstić information content (AvgIpc) is 3.17. The number of nitrogens with one attached hydrogen (secondary N) is 1. The van der Waals surface area contributed by atoms with Gasteiger partial charge in [0.25, 0.3) is 5.69 Å². The van der Waals surface area contributed by atoms with E-state index < -0.39 is 0 Å². The first-order valence-electron chi connectivity index (χ1n) is 8.39. The lowest BCUT2D eigenvalue weighted by atomic mass is 10.1. The lowest BCUT2D eigenvalue weighted by molar-refractivity contribution is -0.383. The number of nitro groups is 1. The zero-order valence-electron chi connectivity index (χ0n) is 15.8. The van der Waals surface area contributed by atoms with E-state index in [9.17, 15) is 10.1 Å². The van der Waals surface area contributed by atoms with Crippen LogP contribution in [0.4, 0.5) is 11.4 Å². The Balaban J connectivity index is 0.000000294. The van der Waals surface area contributed by atoms with Gasteiger partial charge >= 0.3 is 0 Å². The van der Waals surface area contributed by atoms with Crippen molar-refractivity contribution in [2.24, 2.45) is 0 Å². The van der Waals surface area contributed by atoms with E-state index in [1.165, 1.54) is 11.1 Å². The first-order valence-corrected chi connectivity index (χ1v) is 9.27. The Morgan fingerprint density at radius 2 is 2.04 bits per heavy atom. The number of hydrogen-bond donors (Lipinski definition) is 1. The van der Waals surface area contributed by atoms with E-state index in [-0.39, 0.29) is 10.6 Å². The van der Waals surface area contributed by atoms with Gasteiger partial charge < -0.3 is 5.32 Å². The van der Waals surface area contributed by atoms with Gasteiger partial charge in [0.05, 0.1) is 4.92 Å². The van der Waals surface area contributed by atoms with Crippen LogP contribution < -0.4 is 5.32 Å². The maximum absolute atomic E-state index is 10.9. The summed E-state index contributed by atoms with van der Waals surface area (Å²) in [6.07, 6.45) is 7.19. The molecule has 1 N–H and O–H groups in total. The van der Waals surface area contributed by atoms with Gasteiger partial charge in [0.1, 0.15) is 5.69 Å². The van der Waals surface area contributed by atoms with Gasteiger partial charge in [0, 0.05) is 18.0 Å². The Labute approximate surface area is 159 Å². The Hall–Kier alpha value is -2.66. The molecule has 0 spiro atoms. The second kappa shape index (κ2) is 11.1. The van der Waals surface area contributed by atoms with Crippen molar-refractivity contribution in [2.45, 2.75) is 27.2 Å². The summed E-state index contributed by atoms with van der Waals surface area (Å²) in [6.45, 7) is 10.0. The summed E-state index contributed by atoms with van der Waals surface area (Å²) in [6, 6.07) is 9.08. The molecule has 138 valence electrons. The minimum Gasteiger partial charge on any atom is -0.383 e. The van der Waals surface area contributed by atoms with Gasteiger partial charge in [-0.3, -0.25) is 10.1 Å². The fraction of sp³-hybridized carbons (Fsp3) is 0.238. The third-order valence-corrected chi connectivity index (χ3v) is 4.49. The van der Waals surface area contributed by atoms with Gasteiger partial charge in [0.2, 0.25) is 0 Å². The number of nitro benzene ring substituents is 1. The molecular formula is C21H26N2O2S. The van der Waals surface area contributed by atoms with E-state index in [1.807, 2.05) is 29.7 Å². The van der Waals surface area contributed by atoms with Gasteiger partial charge in [-0.2, -0.15) is 0 Å². The summed E-state index contributed by atoms with van der Waals surface area (Å²) in [5, 5.41) is 15.6. The molecule has 0 atom stereocenters. The molecular weight excluding hydrogens is 344 g/mol. The third-order valence-electron chi connectivity index (χ3n) is 3.57. The highest BCUT2D eigenvalue weighted by Gasteiger charge is 2.14. The number of hydrogen-bond acceptors (Lipinski definition) is 4. The molecule has 0 bridgehead atoms. The van der Waals surface area contributed by atoms with E-state index in [4.69, 9.17) is 0 Å². The van der Waals surface area contributed by atoms with E-state index in [0.717, 1.165) is 16.9 Å².